The van der Waals surface area contributed by atoms with Gasteiger partial charge in [0.05, 0.1) is 35.6 Å². The molecule has 0 aliphatic carbocycles. The van der Waals surface area contributed by atoms with Gasteiger partial charge in [0.2, 0.25) is 0 Å². The van der Waals surface area contributed by atoms with Gasteiger partial charge in [-0.3, -0.25) is 9.36 Å². The molecule has 0 N–H and O–H groups in total. The topological polar surface area (TPSA) is 79.1 Å². The molecule has 3 aromatic rings. The second-order valence-corrected chi connectivity index (χ2v) is 9.53. The fourth-order valence-corrected chi connectivity index (χ4v) is 5.14. The molecule has 1 aliphatic heterocycles. The normalized spacial score (nSPS) is 15.6. The predicted molar refractivity (Wildman–Crippen MR) is 136 cm³/mol. The van der Waals surface area contributed by atoms with E-state index in [4.69, 9.17) is 37.4 Å². The van der Waals surface area contributed by atoms with Gasteiger partial charge in [0.25, 0.3) is 5.56 Å². The third-order valence-electron chi connectivity index (χ3n) is 5.43. The van der Waals surface area contributed by atoms with E-state index in [1.54, 1.807) is 62.6 Å². The summed E-state index contributed by atoms with van der Waals surface area (Å²) in [4.78, 5) is 31.8. The highest BCUT2D eigenvalue weighted by molar-refractivity contribution is 7.07. The van der Waals surface area contributed by atoms with Gasteiger partial charge in [0, 0.05) is 22.7 Å². The Morgan fingerprint density at radius 2 is 1.83 bits per heavy atom. The number of ether oxygens (including phenoxy) is 3. The van der Waals surface area contributed by atoms with Crippen LogP contribution in [0.15, 0.2) is 63.5 Å². The van der Waals surface area contributed by atoms with Crippen LogP contribution in [0, 0.1) is 0 Å². The maximum atomic E-state index is 13.7. The van der Waals surface area contributed by atoms with E-state index in [0.717, 1.165) is 0 Å². The second-order valence-electron chi connectivity index (χ2n) is 7.65. The molecule has 1 aromatic heterocycles. The number of fused-ring (bicyclic) bond motifs is 1. The van der Waals surface area contributed by atoms with Crippen LogP contribution in [0.4, 0.5) is 0 Å². The van der Waals surface area contributed by atoms with Crippen LogP contribution in [0.5, 0.6) is 5.75 Å². The standard InChI is InChI=1S/C25H22Cl2N2O5S/c1-14-21(24(31)34-11-10-32-2)22(15-4-6-17(26)7-5-15)29-23(30)20(35-25(29)28-14)13-16-12-18(27)8-9-19(16)33-3/h4-9,12-13,22H,10-11H2,1-3H3. The molecule has 0 saturated heterocycles. The maximum Gasteiger partial charge on any atom is 0.338 e. The molecule has 7 nitrogen and oxygen atoms in total. The van der Waals surface area contributed by atoms with Crippen molar-refractivity contribution in [1.29, 1.82) is 0 Å². The van der Waals surface area contributed by atoms with Crippen molar-refractivity contribution in [1.82, 2.24) is 4.57 Å². The monoisotopic (exact) mass is 532 g/mol. The predicted octanol–water partition coefficient (Wildman–Crippen LogP) is 3.74. The number of carbonyl (C=O) groups is 1. The van der Waals surface area contributed by atoms with E-state index in [0.29, 0.717) is 42.0 Å². The van der Waals surface area contributed by atoms with Crippen LogP contribution in [0.2, 0.25) is 10.0 Å². The Balaban J connectivity index is 1.91. The van der Waals surface area contributed by atoms with E-state index in [1.165, 1.54) is 23.0 Å². The van der Waals surface area contributed by atoms with Crippen LogP contribution in [0.1, 0.15) is 24.1 Å². The van der Waals surface area contributed by atoms with Crippen LogP contribution in [0.25, 0.3) is 6.08 Å². The highest BCUT2D eigenvalue weighted by Crippen LogP contribution is 2.31. The van der Waals surface area contributed by atoms with E-state index < -0.39 is 12.0 Å². The van der Waals surface area contributed by atoms with Gasteiger partial charge in [0.15, 0.2) is 4.80 Å². The summed E-state index contributed by atoms with van der Waals surface area (Å²) in [5.74, 6) is 0.0158. The SMILES string of the molecule is COCCOC(=O)C1=C(C)N=c2sc(=Cc3cc(Cl)ccc3OC)c(=O)n2C1c1ccc(Cl)cc1. The number of nitrogens with zero attached hydrogens (tertiary/aromatic N) is 2. The van der Waals surface area contributed by atoms with Crippen molar-refractivity contribution in [2.45, 2.75) is 13.0 Å². The highest BCUT2D eigenvalue weighted by Gasteiger charge is 2.33. The first-order valence-electron chi connectivity index (χ1n) is 10.6. The number of hydrogen-bond donors (Lipinski definition) is 0. The highest BCUT2D eigenvalue weighted by atomic mass is 35.5. The fourth-order valence-electron chi connectivity index (χ4n) is 3.80. The number of esters is 1. The Labute approximate surface area is 215 Å². The van der Waals surface area contributed by atoms with Crippen molar-refractivity contribution < 1.29 is 19.0 Å². The van der Waals surface area contributed by atoms with Crippen LogP contribution >= 0.6 is 34.5 Å². The van der Waals surface area contributed by atoms with Crippen molar-refractivity contribution in [3.63, 3.8) is 0 Å². The minimum absolute atomic E-state index is 0.0818. The molecule has 0 spiro atoms. The van der Waals surface area contributed by atoms with E-state index in [2.05, 4.69) is 4.99 Å². The molecule has 4 rings (SSSR count). The average molecular weight is 533 g/mol. The molecular weight excluding hydrogens is 511 g/mol. The molecule has 1 aliphatic rings. The van der Waals surface area contributed by atoms with Gasteiger partial charge >= 0.3 is 5.97 Å². The molecule has 2 heterocycles. The first-order chi connectivity index (χ1) is 16.8. The van der Waals surface area contributed by atoms with Crippen molar-refractivity contribution in [3.8, 4) is 5.75 Å². The minimum Gasteiger partial charge on any atom is -0.496 e. The lowest BCUT2D eigenvalue weighted by molar-refractivity contribution is -0.140. The summed E-state index contributed by atoms with van der Waals surface area (Å²) in [7, 11) is 3.07. The zero-order valence-electron chi connectivity index (χ0n) is 19.2. The fraction of sp³-hybridized carbons (Fsp3) is 0.240. The summed E-state index contributed by atoms with van der Waals surface area (Å²) in [6.07, 6.45) is 1.71. The van der Waals surface area contributed by atoms with E-state index >= 15 is 0 Å². The first-order valence-corrected chi connectivity index (χ1v) is 12.2. The molecular formula is C25H22Cl2N2O5S. The molecule has 35 heavy (non-hydrogen) atoms. The van der Waals surface area contributed by atoms with Crippen LogP contribution in [-0.2, 0) is 14.3 Å². The zero-order valence-corrected chi connectivity index (χ0v) is 21.5. The molecule has 1 unspecified atom stereocenters. The van der Waals surface area contributed by atoms with Gasteiger partial charge in [-0.25, -0.2) is 9.79 Å². The largest absolute Gasteiger partial charge is 0.496 e. The maximum absolute atomic E-state index is 13.7. The average Bonchev–Trinajstić information content (AvgIpc) is 3.13. The summed E-state index contributed by atoms with van der Waals surface area (Å²) < 4.78 is 17.7. The van der Waals surface area contributed by atoms with Crippen molar-refractivity contribution in [3.05, 3.63) is 94.6 Å². The number of carbonyl (C=O) groups excluding carboxylic acids is 1. The summed E-state index contributed by atoms with van der Waals surface area (Å²) in [5, 5.41) is 1.06. The van der Waals surface area contributed by atoms with Gasteiger partial charge in [0.1, 0.15) is 12.4 Å². The van der Waals surface area contributed by atoms with Crippen LogP contribution in [-0.4, -0.2) is 38.0 Å². The third-order valence-corrected chi connectivity index (χ3v) is 6.90. The molecule has 10 heteroatoms. The Morgan fingerprint density at radius 1 is 1.11 bits per heavy atom. The van der Waals surface area contributed by atoms with Gasteiger partial charge in [-0.05, 0) is 48.9 Å². The van der Waals surface area contributed by atoms with E-state index in [9.17, 15) is 9.59 Å². The molecule has 182 valence electrons. The molecule has 2 aromatic carbocycles. The van der Waals surface area contributed by atoms with Crippen molar-refractivity contribution in [2.24, 2.45) is 4.99 Å². The summed E-state index contributed by atoms with van der Waals surface area (Å²) in [6, 6.07) is 11.4. The molecule has 0 saturated carbocycles. The molecule has 0 radical (unpaired) electrons. The van der Waals surface area contributed by atoms with Gasteiger partial charge in [-0.2, -0.15) is 0 Å². The van der Waals surface area contributed by atoms with Crippen molar-refractivity contribution >= 4 is 46.6 Å². The lowest BCUT2D eigenvalue weighted by atomic mass is 9.96. The second kappa shape index (κ2) is 10.8. The quantitative estimate of drug-likeness (QED) is 0.342. The first kappa shape index (κ1) is 25.2. The smallest absolute Gasteiger partial charge is 0.338 e. The molecule has 0 fully saturated rings. The number of rotatable bonds is 7. The lowest BCUT2D eigenvalue weighted by Gasteiger charge is -2.24. The number of allylic oxidation sites excluding steroid dienone is 1. The van der Waals surface area contributed by atoms with Gasteiger partial charge in [-0.1, -0.05) is 46.7 Å². The van der Waals surface area contributed by atoms with Crippen LogP contribution < -0.4 is 19.6 Å². The van der Waals surface area contributed by atoms with Crippen molar-refractivity contribution in [2.75, 3.05) is 27.4 Å². The Morgan fingerprint density at radius 3 is 2.51 bits per heavy atom. The number of aromatic nitrogens is 1. The Bertz CT molecular complexity index is 1470. The molecule has 0 bridgehead atoms. The van der Waals surface area contributed by atoms with Gasteiger partial charge in [-0.15, -0.1) is 0 Å². The number of hydrogen-bond acceptors (Lipinski definition) is 7. The lowest BCUT2D eigenvalue weighted by Crippen LogP contribution is -2.40. The number of thiazole rings is 1. The van der Waals surface area contributed by atoms with E-state index in [1.807, 2.05) is 0 Å². The number of methoxy groups -OCH3 is 2. The molecule has 0 amide bonds. The van der Waals surface area contributed by atoms with Crippen LogP contribution in [0.3, 0.4) is 0 Å². The third kappa shape index (κ3) is 5.21. The zero-order chi connectivity index (χ0) is 25.1. The summed E-state index contributed by atoms with van der Waals surface area (Å²) in [5.41, 5.74) is 1.81. The Kier molecular flexibility index (Phi) is 7.76. The Hall–Kier alpha value is -2.91. The van der Waals surface area contributed by atoms with E-state index in [-0.39, 0.29) is 24.3 Å². The summed E-state index contributed by atoms with van der Waals surface area (Å²) in [6.45, 7) is 2.07. The summed E-state index contributed by atoms with van der Waals surface area (Å²) >= 11 is 13.5. The van der Waals surface area contributed by atoms with Gasteiger partial charge < -0.3 is 14.2 Å². The number of benzene rings is 2. The number of halogens is 2. The minimum atomic E-state index is -0.734. The molecule has 1 atom stereocenters.